The minimum Gasteiger partial charge on any atom is -0.325 e. The molecule has 162 valence electrons. The van der Waals surface area contributed by atoms with Gasteiger partial charge in [-0.1, -0.05) is 38.1 Å². The summed E-state index contributed by atoms with van der Waals surface area (Å²) in [6, 6.07) is 15.1. The van der Waals surface area contributed by atoms with Crippen LogP contribution in [-0.2, 0) is 21.2 Å². The number of nitrogens with one attached hydrogen (secondary N) is 1. The first-order valence-electron chi connectivity index (χ1n) is 10.5. The zero-order valence-electron chi connectivity index (χ0n) is 18.0. The second-order valence-corrected chi connectivity index (χ2v) is 9.62. The molecule has 0 bridgehead atoms. The first-order valence-corrected chi connectivity index (χ1v) is 12.0. The zero-order valence-corrected chi connectivity index (χ0v) is 18.8. The first kappa shape index (κ1) is 22.5. The van der Waals surface area contributed by atoms with E-state index in [1.165, 1.54) is 15.4 Å². The van der Waals surface area contributed by atoms with Crippen LogP contribution in [0.5, 0.6) is 0 Å². The number of carbonyl (C=O) groups excluding carboxylic acids is 1. The van der Waals surface area contributed by atoms with Crippen LogP contribution in [-0.4, -0.2) is 50.2 Å². The molecule has 0 aromatic heterocycles. The molecule has 0 radical (unpaired) electrons. The number of carbonyl (C=O) groups is 1. The van der Waals surface area contributed by atoms with Gasteiger partial charge in [0.2, 0.25) is 15.9 Å². The molecule has 0 saturated carbocycles. The third-order valence-corrected chi connectivity index (χ3v) is 7.81. The van der Waals surface area contributed by atoms with Gasteiger partial charge in [0.25, 0.3) is 0 Å². The van der Waals surface area contributed by atoms with Crippen molar-refractivity contribution in [2.75, 3.05) is 32.0 Å². The lowest BCUT2D eigenvalue weighted by Gasteiger charge is -2.32. The van der Waals surface area contributed by atoms with Crippen molar-refractivity contribution < 1.29 is 13.2 Å². The Hall–Kier alpha value is -2.22. The van der Waals surface area contributed by atoms with Crippen LogP contribution in [0.4, 0.5) is 5.69 Å². The molecule has 0 unspecified atom stereocenters. The number of rotatable bonds is 8. The minimum atomic E-state index is -3.50. The van der Waals surface area contributed by atoms with E-state index < -0.39 is 10.0 Å². The molecule has 1 N–H and O–H groups in total. The molecule has 6 nitrogen and oxygen atoms in total. The van der Waals surface area contributed by atoms with Crippen molar-refractivity contribution in [3.05, 3.63) is 59.7 Å². The van der Waals surface area contributed by atoms with Crippen LogP contribution in [0.1, 0.15) is 43.9 Å². The van der Waals surface area contributed by atoms with Crippen molar-refractivity contribution in [3.63, 3.8) is 0 Å². The van der Waals surface area contributed by atoms with Gasteiger partial charge < -0.3 is 5.32 Å². The number of hydrogen-bond acceptors (Lipinski definition) is 4. The second kappa shape index (κ2) is 9.73. The van der Waals surface area contributed by atoms with E-state index in [9.17, 15) is 13.2 Å². The normalized spacial score (nSPS) is 16.5. The average Bonchev–Trinajstić information content (AvgIpc) is 2.74. The Kier molecular flexibility index (Phi) is 7.28. The quantitative estimate of drug-likeness (QED) is 0.695. The SMILES string of the molecule is CCN(CC)S(=O)(=O)c1ccc(NC(=O)CN(C)[C@@H]2CCCc3ccccc32)cc1. The van der Waals surface area contributed by atoms with E-state index in [1.807, 2.05) is 20.9 Å². The minimum absolute atomic E-state index is 0.111. The lowest BCUT2D eigenvalue weighted by molar-refractivity contribution is -0.117. The number of benzene rings is 2. The Morgan fingerprint density at radius 1 is 1.07 bits per heavy atom. The fourth-order valence-electron chi connectivity index (χ4n) is 4.15. The van der Waals surface area contributed by atoms with Gasteiger partial charge in [-0.25, -0.2) is 8.42 Å². The summed E-state index contributed by atoms with van der Waals surface area (Å²) in [5.41, 5.74) is 3.27. The van der Waals surface area contributed by atoms with Crippen LogP contribution >= 0.6 is 0 Å². The molecule has 0 spiro atoms. The van der Waals surface area contributed by atoms with E-state index in [-0.39, 0.29) is 23.4 Å². The number of fused-ring (bicyclic) bond motifs is 1. The Morgan fingerprint density at radius 3 is 2.40 bits per heavy atom. The number of likely N-dealkylation sites (N-methyl/N-ethyl adjacent to an activating group) is 1. The van der Waals surface area contributed by atoms with E-state index in [1.54, 1.807) is 24.3 Å². The summed E-state index contributed by atoms with van der Waals surface area (Å²) in [6.07, 6.45) is 3.25. The molecule has 0 aliphatic heterocycles. The molecule has 2 aromatic rings. The average molecular weight is 430 g/mol. The summed E-state index contributed by atoms with van der Waals surface area (Å²) in [6.45, 7) is 4.76. The van der Waals surface area contributed by atoms with Crippen LogP contribution in [0.25, 0.3) is 0 Å². The predicted molar refractivity (Wildman–Crippen MR) is 120 cm³/mol. The molecule has 3 rings (SSSR count). The van der Waals surface area contributed by atoms with Crippen LogP contribution in [0.15, 0.2) is 53.4 Å². The van der Waals surface area contributed by atoms with Crippen molar-refractivity contribution in [2.45, 2.75) is 44.0 Å². The molecule has 0 saturated heterocycles. The van der Waals surface area contributed by atoms with Crippen molar-refractivity contribution in [2.24, 2.45) is 0 Å². The number of anilines is 1. The predicted octanol–water partition coefficient (Wildman–Crippen LogP) is 3.67. The van der Waals surface area contributed by atoms with Gasteiger partial charge >= 0.3 is 0 Å². The summed E-state index contributed by atoms with van der Waals surface area (Å²) in [4.78, 5) is 14.9. The summed E-state index contributed by atoms with van der Waals surface area (Å²) in [5, 5.41) is 2.88. The molecule has 1 atom stereocenters. The lowest BCUT2D eigenvalue weighted by Crippen LogP contribution is -2.35. The smallest absolute Gasteiger partial charge is 0.243 e. The van der Waals surface area contributed by atoms with Gasteiger partial charge in [0, 0.05) is 24.8 Å². The van der Waals surface area contributed by atoms with Gasteiger partial charge in [-0.3, -0.25) is 9.69 Å². The fraction of sp³-hybridized carbons (Fsp3) is 0.435. The highest BCUT2D eigenvalue weighted by Crippen LogP contribution is 2.33. The molecule has 1 amide bonds. The van der Waals surface area contributed by atoms with E-state index >= 15 is 0 Å². The van der Waals surface area contributed by atoms with Crippen molar-refractivity contribution in [3.8, 4) is 0 Å². The number of nitrogens with zero attached hydrogens (tertiary/aromatic N) is 2. The van der Waals surface area contributed by atoms with Crippen LogP contribution < -0.4 is 5.32 Å². The maximum Gasteiger partial charge on any atom is 0.243 e. The van der Waals surface area contributed by atoms with Crippen molar-refractivity contribution >= 4 is 21.6 Å². The van der Waals surface area contributed by atoms with Crippen LogP contribution in [0.2, 0.25) is 0 Å². The summed E-state index contributed by atoms with van der Waals surface area (Å²) in [7, 11) is -1.52. The highest BCUT2D eigenvalue weighted by molar-refractivity contribution is 7.89. The van der Waals surface area contributed by atoms with E-state index in [0.717, 1.165) is 19.3 Å². The molecule has 0 heterocycles. The second-order valence-electron chi connectivity index (χ2n) is 7.68. The Balaban J connectivity index is 1.63. The largest absolute Gasteiger partial charge is 0.325 e. The van der Waals surface area contributed by atoms with Gasteiger partial charge in [-0.15, -0.1) is 0 Å². The Labute approximate surface area is 179 Å². The summed E-state index contributed by atoms with van der Waals surface area (Å²) < 4.78 is 26.6. The van der Waals surface area contributed by atoms with Gasteiger partial charge in [-0.2, -0.15) is 4.31 Å². The summed E-state index contributed by atoms with van der Waals surface area (Å²) >= 11 is 0. The first-order chi connectivity index (χ1) is 14.4. The molecule has 30 heavy (non-hydrogen) atoms. The highest BCUT2D eigenvalue weighted by atomic mass is 32.2. The Bertz CT molecular complexity index is 969. The molecular formula is C23H31N3O3S. The topological polar surface area (TPSA) is 69.7 Å². The number of amides is 1. The van der Waals surface area contributed by atoms with Gasteiger partial charge in [-0.05, 0) is 61.7 Å². The molecule has 2 aromatic carbocycles. The number of hydrogen-bond donors (Lipinski definition) is 1. The van der Waals surface area contributed by atoms with Crippen molar-refractivity contribution in [1.29, 1.82) is 0 Å². The van der Waals surface area contributed by atoms with Gasteiger partial charge in [0.05, 0.1) is 11.4 Å². The molecular weight excluding hydrogens is 398 g/mol. The third kappa shape index (κ3) is 4.91. The lowest BCUT2D eigenvalue weighted by atomic mass is 9.87. The van der Waals surface area contributed by atoms with Gasteiger partial charge in [0.15, 0.2) is 0 Å². The Morgan fingerprint density at radius 2 is 1.73 bits per heavy atom. The fourth-order valence-corrected chi connectivity index (χ4v) is 5.60. The van der Waals surface area contributed by atoms with E-state index in [2.05, 4.69) is 34.5 Å². The van der Waals surface area contributed by atoms with E-state index in [0.29, 0.717) is 18.8 Å². The standard InChI is InChI=1S/C23H31N3O3S/c1-4-26(5-2)30(28,29)20-15-13-19(14-16-20)24-23(27)17-25(3)22-12-8-10-18-9-6-7-11-21(18)22/h6-7,9,11,13-16,22H,4-5,8,10,12,17H2,1-3H3,(H,24,27)/t22-/m1/s1. The van der Waals surface area contributed by atoms with E-state index in [4.69, 9.17) is 0 Å². The molecule has 7 heteroatoms. The monoisotopic (exact) mass is 429 g/mol. The summed E-state index contributed by atoms with van der Waals surface area (Å²) in [5.74, 6) is -0.111. The van der Waals surface area contributed by atoms with Crippen LogP contribution in [0, 0.1) is 0 Å². The molecule has 1 aliphatic carbocycles. The zero-order chi connectivity index (χ0) is 21.7. The van der Waals surface area contributed by atoms with Gasteiger partial charge in [0.1, 0.15) is 0 Å². The highest BCUT2D eigenvalue weighted by Gasteiger charge is 2.25. The molecule has 1 aliphatic rings. The van der Waals surface area contributed by atoms with Crippen molar-refractivity contribution in [1.82, 2.24) is 9.21 Å². The number of aryl methyl sites for hydroxylation is 1. The maximum absolute atomic E-state index is 12.6. The molecule has 0 fully saturated rings. The maximum atomic E-state index is 12.6. The number of sulfonamides is 1. The third-order valence-electron chi connectivity index (χ3n) is 5.74. The van der Waals surface area contributed by atoms with Crippen LogP contribution in [0.3, 0.4) is 0 Å².